The number of aryl methyl sites for hydroxylation is 1. The number of aromatic nitrogens is 2. The summed E-state index contributed by atoms with van der Waals surface area (Å²) in [5, 5.41) is 15.3. The summed E-state index contributed by atoms with van der Waals surface area (Å²) in [7, 11) is 1.84. The molecule has 1 aliphatic carbocycles. The van der Waals surface area contributed by atoms with Crippen LogP contribution in [0.2, 0.25) is 0 Å². The van der Waals surface area contributed by atoms with Crippen molar-refractivity contribution in [1.29, 1.82) is 0 Å². The van der Waals surface area contributed by atoms with E-state index in [1.54, 1.807) is 16.8 Å². The van der Waals surface area contributed by atoms with Crippen molar-refractivity contribution in [2.24, 2.45) is 13.0 Å². The van der Waals surface area contributed by atoms with E-state index in [1.165, 1.54) is 25.0 Å². The summed E-state index contributed by atoms with van der Waals surface area (Å²) in [6.45, 7) is 2.21. The van der Waals surface area contributed by atoms with Crippen molar-refractivity contribution in [2.75, 3.05) is 26.3 Å². The Balaban J connectivity index is 1.63. The molecule has 178 valence electrons. The van der Waals surface area contributed by atoms with Gasteiger partial charge in [0.25, 0.3) is 0 Å². The fourth-order valence-corrected chi connectivity index (χ4v) is 3.96. The molecule has 7 heteroatoms. The Labute approximate surface area is 199 Å². The van der Waals surface area contributed by atoms with Crippen molar-refractivity contribution in [3.8, 4) is 35.2 Å². The topological polar surface area (TPSA) is 59.8 Å². The Kier molecular flexibility index (Phi) is 7.96. The standard InChI is InChI=1S/C27H30FN3O3/c1-3-15-33-19-23(32)17-31(16-20-9-10-20)18-25-26(21-7-5-4-6-8-21)29-30(2)27(25)34-24-13-11-22(28)12-14-24/h1,4-8,11-14,20,23,32H,9-10,15-19H2,2H3/t23-/m0/s1. The molecule has 4 rings (SSSR count). The smallest absolute Gasteiger partial charge is 0.222 e. The fourth-order valence-electron chi connectivity index (χ4n) is 3.96. The Morgan fingerprint density at radius 2 is 1.94 bits per heavy atom. The van der Waals surface area contributed by atoms with Gasteiger partial charge in [0, 0.05) is 32.2 Å². The number of aliphatic hydroxyl groups is 1. The van der Waals surface area contributed by atoms with Crippen molar-refractivity contribution < 1.29 is 19.0 Å². The molecule has 0 amide bonds. The van der Waals surface area contributed by atoms with E-state index >= 15 is 0 Å². The molecule has 3 aromatic rings. The average Bonchev–Trinajstić information content (AvgIpc) is 3.60. The minimum absolute atomic E-state index is 0.177. The number of terminal acetylenes is 1. The number of halogens is 1. The maximum Gasteiger partial charge on any atom is 0.222 e. The lowest BCUT2D eigenvalue weighted by Gasteiger charge is -2.25. The molecular formula is C27H30FN3O3. The number of hydrogen-bond donors (Lipinski definition) is 1. The lowest BCUT2D eigenvalue weighted by atomic mass is 10.1. The van der Waals surface area contributed by atoms with Gasteiger partial charge in [0.2, 0.25) is 5.88 Å². The van der Waals surface area contributed by atoms with Crippen LogP contribution in [0.25, 0.3) is 11.3 Å². The predicted molar refractivity (Wildman–Crippen MR) is 129 cm³/mol. The average molecular weight is 464 g/mol. The molecule has 0 spiro atoms. The molecule has 1 aromatic heterocycles. The summed E-state index contributed by atoms with van der Waals surface area (Å²) in [5.74, 6) is 3.84. The zero-order valence-corrected chi connectivity index (χ0v) is 19.4. The van der Waals surface area contributed by atoms with E-state index < -0.39 is 6.10 Å². The van der Waals surface area contributed by atoms with E-state index in [4.69, 9.17) is 21.0 Å². The maximum absolute atomic E-state index is 13.4. The molecule has 0 bridgehead atoms. The highest BCUT2D eigenvalue weighted by molar-refractivity contribution is 5.65. The Hall–Kier alpha value is -3.18. The van der Waals surface area contributed by atoms with Crippen LogP contribution in [0.1, 0.15) is 18.4 Å². The molecule has 34 heavy (non-hydrogen) atoms. The van der Waals surface area contributed by atoms with Gasteiger partial charge < -0.3 is 14.6 Å². The van der Waals surface area contributed by atoms with Gasteiger partial charge in [-0.05, 0) is 43.0 Å². The second kappa shape index (κ2) is 11.3. The fraction of sp³-hybridized carbons (Fsp3) is 0.370. The third-order valence-corrected chi connectivity index (χ3v) is 5.72. The molecule has 6 nitrogen and oxygen atoms in total. The van der Waals surface area contributed by atoms with Gasteiger partial charge in [-0.1, -0.05) is 36.3 Å². The monoisotopic (exact) mass is 463 g/mol. The van der Waals surface area contributed by atoms with Crippen LogP contribution in [0.5, 0.6) is 11.6 Å². The van der Waals surface area contributed by atoms with Crippen molar-refractivity contribution >= 4 is 0 Å². The quantitative estimate of drug-likeness (QED) is 0.322. The zero-order chi connectivity index (χ0) is 23.9. The van der Waals surface area contributed by atoms with E-state index in [0.717, 1.165) is 23.4 Å². The van der Waals surface area contributed by atoms with Crippen LogP contribution in [0.4, 0.5) is 4.39 Å². The van der Waals surface area contributed by atoms with Gasteiger partial charge in [0.15, 0.2) is 0 Å². The van der Waals surface area contributed by atoms with E-state index in [9.17, 15) is 9.50 Å². The lowest BCUT2D eigenvalue weighted by Crippen LogP contribution is -2.36. The molecule has 1 heterocycles. The van der Waals surface area contributed by atoms with Gasteiger partial charge in [-0.15, -0.1) is 6.42 Å². The highest BCUT2D eigenvalue weighted by Gasteiger charge is 2.28. The molecular weight excluding hydrogens is 433 g/mol. The zero-order valence-electron chi connectivity index (χ0n) is 19.4. The minimum Gasteiger partial charge on any atom is -0.439 e. The Bertz CT molecular complexity index is 1100. The second-order valence-corrected chi connectivity index (χ2v) is 8.69. The van der Waals surface area contributed by atoms with Gasteiger partial charge in [-0.3, -0.25) is 4.90 Å². The van der Waals surface area contributed by atoms with Crippen LogP contribution in [0, 0.1) is 24.1 Å². The SMILES string of the molecule is C#CCOC[C@@H](O)CN(Cc1c(-c2ccccc2)nn(C)c1Oc1ccc(F)cc1)CC1CC1. The number of benzene rings is 2. The first-order chi connectivity index (χ1) is 16.5. The molecule has 0 radical (unpaired) electrons. The van der Waals surface area contributed by atoms with Gasteiger partial charge in [0.05, 0.1) is 18.3 Å². The first kappa shape index (κ1) is 24.0. The van der Waals surface area contributed by atoms with Crippen LogP contribution in [0.3, 0.4) is 0 Å². The summed E-state index contributed by atoms with van der Waals surface area (Å²) in [6, 6.07) is 15.9. The summed E-state index contributed by atoms with van der Waals surface area (Å²) < 4.78 is 26.7. The first-order valence-electron chi connectivity index (χ1n) is 11.5. The number of ether oxygens (including phenoxy) is 2. The van der Waals surface area contributed by atoms with E-state index in [0.29, 0.717) is 30.6 Å². The molecule has 0 unspecified atom stereocenters. The van der Waals surface area contributed by atoms with Gasteiger partial charge in [-0.25, -0.2) is 9.07 Å². The molecule has 0 saturated heterocycles. The van der Waals surface area contributed by atoms with Crippen LogP contribution in [0.15, 0.2) is 54.6 Å². The van der Waals surface area contributed by atoms with Gasteiger partial charge >= 0.3 is 0 Å². The van der Waals surface area contributed by atoms with Crippen molar-refractivity contribution in [2.45, 2.75) is 25.5 Å². The van der Waals surface area contributed by atoms with E-state index in [2.05, 4.69) is 10.8 Å². The van der Waals surface area contributed by atoms with Crippen LogP contribution in [-0.4, -0.2) is 52.2 Å². The summed E-state index contributed by atoms with van der Waals surface area (Å²) in [6.07, 6.45) is 6.97. The number of aliphatic hydroxyl groups excluding tert-OH is 1. The van der Waals surface area contributed by atoms with Crippen LogP contribution in [-0.2, 0) is 18.3 Å². The largest absolute Gasteiger partial charge is 0.439 e. The van der Waals surface area contributed by atoms with Crippen molar-refractivity contribution in [3.63, 3.8) is 0 Å². The Morgan fingerprint density at radius 1 is 1.21 bits per heavy atom. The molecule has 2 aromatic carbocycles. The van der Waals surface area contributed by atoms with Crippen LogP contribution < -0.4 is 4.74 Å². The third kappa shape index (κ3) is 6.45. The second-order valence-electron chi connectivity index (χ2n) is 8.69. The summed E-state index contributed by atoms with van der Waals surface area (Å²) in [5.41, 5.74) is 2.71. The summed E-state index contributed by atoms with van der Waals surface area (Å²) >= 11 is 0. The predicted octanol–water partition coefficient (Wildman–Crippen LogP) is 4.24. The molecule has 0 aliphatic heterocycles. The lowest BCUT2D eigenvalue weighted by molar-refractivity contribution is 0.0250. The maximum atomic E-state index is 13.4. The van der Waals surface area contributed by atoms with Gasteiger partial charge in [0.1, 0.15) is 23.9 Å². The Morgan fingerprint density at radius 3 is 2.62 bits per heavy atom. The highest BCUT2D eigenvalue weighted by atomic mass is 19.1. The third-order valence-electron chi connectivity index (χ3n) is 5.72. The van der Waals surface area contributed by atoms with Crippen molar-refractivity contribution in [3.05, 3.63) is 66.0 Å². The first-order valence-corrected chi connectivity index (χ1v) is 11.5. The molecule has 1 N–H and O–H groups in total. The van der Waals surface area contributed by atoms with Crippen LogP contribution >= 0.6 is 0 Å². The molecule has 1 atom stereocenters. The van der Waals surface area contributed by atoms with E-state index in [1.807, 2.05) is 37.4 Å². The van der Waals surface area contributed by atoms with E-state index in [-0.39, 0.29) is 19.0 Å². The number of nitrogens with zero attached hydrogens (tertiary/aromatic N) is 3. The molecule has 1 saturated carbocycles. The normalized spacial score (nSPS) is 14.2. The van der Waals surface area contributed by atoms with Crippen molar-refractivity contribution in [1.82, 2.24) is 14.7 Å². The highest BCUT2D eigenvalue weighted by Crippen LogP contribution is 2.36. The summed E-state index contributed by atoms with van der Waals surface area (Å²) in [4.78, 5) is 2.22. The number of rotatable bonds is 12. The van der Waals surface area contributed by atoms with Gasteiger partial charge in [-0.2, -0.15) is 5.10 Å². The molecule has 1 fully saturated rings. The molecule has 1 aliphatic rings. The number of hydrogen-bond acceptors (Lipinski definition) is 5. The minimum atomic E-state index is -0.662.